The number of nitrogens with zero attached hydrogens (tertiary/aromatic N) is 1. The van der Waals surface area contributed by atoms with Crippen molar-refractivity contribution in [3.05, 3.63) is 78.0 Å². The fourth-order valence-corrected chi connectivity index (χ4v) is 2.82. The maximum Gasteiger partial charge on any atom is 0.0773 e. The summed E-state index contributed by atoms with van der Waals surface area (Å²) in [4.78, 5) is 0. The van der Waals surface area contributed by atoms with Crippen molar-refractivity contribution in [3.63, 3.8) is 0 Å². The Balaban J connectivity index is 1.98. The van der Waals surface area contributed by atoms with E-state index in [1.54, 1.807) is 0 Å². The van der Waals surface area contributed by atoms with Crippen molar-refractivity contribution in [2.75, 3.05) is 0 Å². The van der Waals surface area contributed by atoms with Gasteiger partial charge in [-0.2, -0.15) is 0 Å². The molecule has 3 aromatic rings. The first-order valence-electron chi connectivity index (χ1n) is 6.26. The highest BCUT2D eigenvalue weighted by Crippen LogP contribution is 2.33. The van der Waals surface area contributed by atoms with Gasteiger partial charge in [0.05, 0.1) is 11.6 Å². The van der Waals surface area contributed by atoms with E-state index in [4.69, 9.17) is 0 Å². The van der Waals surface area contributed by atoms with Gasteiger partial charge in [-0.3, -0.25) is 0 Å². The van der Waals surface area contributed by atoms with Crippen LogP contribution in [0.25, 0.3) is 17.0 Å². The van der Waals surface area contributed by atoms with E-state index in [1.807, 2.05) is 0 Å². The van der Waals surface area contributed by atoms with Crippen LogP contribution in [0.15, 0.2) is 66.9 Å². The molecule has 0 saturated heterocycles. The van der Waals surface area contributed by atoms with Gasteiger partial charge in [-0.25, -0.2) is 0 Å². The number of para-hydroxylation sites is 1. The SMILES string of the molecule is C1=CC(c2ccccc2)n2ccc3cccc1c32. The van der Waals surface area contributed by atoms with E-state index in [2.05, 4.69) is 77.5 Å². The highest BCUT2D eigenvalue weighted by atomic mass is 15.0. The van der Waals surface area contributed by atoms with Crippen molar-refractivity contribution in [3.8, 4) is 0 Å². The number of hydrogen-bond acceptors (Lipinski definition) is 0. The summed E-state index contributed by atoms with van der Waals surface area (Å²) < 4.78 is 2.36. The first kappa shape index (κ1) is 9.72. The Kier molecular flexibility index (Phi) is 1.95. The van der Waals surface area contributed by atoms with Crippen LogP contribution in [0.3, 0.4) is 0 Å². The lowest BCUT2D eigenvalue weighted by molar-refractivity contribution is 0.726. The smallest absolute Gasteiger partial charge is 0.0773 e. The molecular weight excluding hydrogens is 218 g/mol. The zero-order valence-electron chi connectivity index (χ0n) is 9.95. The van der Waals surface area contributed by atoms with E-state index < -0.39 is 0 Å². The van der Waals surface area contributed by atoms with Gasteiger partial charge in [-0.15, -0.1) is 0 Å². The third-order valence-corrected chi connectivity index (χ3v) is 3.67. The topological polar surface area (TPSA) is 4.93 Å². The molecule has 1 aromatic heterocycles. The van der Waals surface area contributed by atoms with Gasteiger partial charge >= 0.3 is 0 Å². The van der Waals surface area contributed by atoms with Gasteiger partial charge in [-0.05, 0) is 17.2 Å². The van der Waals surface area contributed by atoms with Gasteiger partial charge in [0, 0.05) is 11.6 Å². The molecule has 0 spiro atoms. The molecule has 0 fully saturated rings. The van der Waals surface area contributed by atoms with Gasteiger partial charge in [-0.1, -0.05) is 60.7 Å². The molecule has 4 rings (SSSR count). The Morgan fingerprint density at radius 3 is 2.61 bits per heavy atom. The van der Waals surface area contributed by atoms with E-state index in [0.29, 0.717) is 6.04 Å². The maximum atomic E-state index is 2.36. The number of allylic oxidation sites excluding steroid dienone is 1. The standard InChI is InChI=1S/C17H13N/c1-2-5-13(6-3-1)16-10-9-14-7-4-8-15-11-12-18(16)17(14)15/h1-12,16H. The predicted molar refractivity (Wildman–Crippen MR) is 75.6 cm³/mol. The van der Waals surface area contributed by atoms with Gasteiger partial charge in [0.2, 0.25) is 0 Å². The normalized spacial score (nSPS) is 17.2. The lowest BCUT2D eigenvalue weighted by Crippen LogP contribution is -2.10. The molecule has 0 aliphatic carbocycles. The second kappa shape index (κ2) is 3.61. The van der Waals surface area contributed by atoms with Gasteiger partial charge in [0.1, 0.15) is 0 Å². The largest absolute Gasteiger partial charge is 0.336 e. The van der Waals surface area contributed by atoms with Crippen molar-refractivity contribution in [2.45, 2.75) is 6.04 Å². The van der Waals surface area contributed by atoms with E-state index in [-0.39, 0.29) is 0 Å². The minimum absolute atomic E-state index is 0.318. The summed E-state index contributed by atoms with van der Waals surface area (Å²) in [5.74, 6) is 0. The lowest BCUT2D eigenvalue weighted by Gasteiger charge is -2.21. The quantitative estimate of drug-likeness (QED) is 0.589. The number of benzene rings is 2. The van der Waals surface area contributed by atoms with Crippen LogP contribution in [0, 0.1) is 0 Å². The fraction of sp³-hybridized carbons (Fsp3) is 0.0588. The molecule has 86 valence electrons. The Labute approximate surface area is 106 Å². The van der Waals surface area contributed by atoms with Gasteiger partial charge < -0.3 is 4.57 Å². The van der Waals surface area contributed by atoms with Crippen LogP contribution in [-0.2, 0) is 0 Å². The molecule has 1 nitrogen and oxygen atoms in total. The second-order valence-electron chi connectivity index (χ2n) is 4.72. The minimum atomic E-state index is 0.318. The Morgan fingerprint density at radius 2 is 1.72 bits per heavy atom. The summed E-state index contributed by atoms with van der Waals surface area (Å²) in [6, 6.07) is 19.6. The summed E-state index contributed by atoms with van der Waals surface area (Å²) in [6.45, 7) is 0. The molecule has 0 radical (unpaired) electrons. The van der Waals surface area contributed by atoms with Crippen LogP contribution in [-0.4, -0.2) is 4.57 Å². The van der Waals surface area contributed by atoms with E-state index >= 15 is 0 Å². The third kappa shape index (κ3) is 1.28. The minimum Gasteiger partial charge on any atom is -0.336 e. The molecule has 0 bridgehead atoms. The van der Waals surface area contributed by atoms with Crippen LogP contribution in [0.1, 0.15) is 17.2 Å². The van der Waals surface area contributed by atoms with Crippen molar-refractivity contribution < 1.29 is 0 Å². The Bertz CT molecular complexity index is 735. The monoisotopic (exact) mass is 231 g/mol. The summed E-state index contributed by atoms with van der Waals surface area (Å²) >= 11 is 0. The summed E-state index contributed by atoms with van der Waals surface area (Å²) in [5.41, 5.74) is 3.99. The third-order valence-electron chi connectivity index (χ3n) is 3.67. The number of hydrogen-bond donors (Lipinski definition) is 0. The van der Waals surface area contributed by atoms with Crippen LogP contribution in [0.4, 0.5) is 0 Å². The van der Waals surface area contributed by atoms with Crippen LogP contribution >= 0.6 is 0 Å². The Hall–Kier alpha value is -2.28. The summed E-state index contributed by atoms with van der Waals surface area (Å²) in [6.07, 6.45) is 6.70. The molecule has 1 atom stereocenters. The molecule has 1 heteroatoms. The fourth-order valence-electron chi connectivity index (χ4n) is 2.82. The molecule has 18 heavy (non-hydrogen) atoms. The lowest BCUT2D eigenvalue weighted by atomic mass is 10.0. The van der Waals surface area contributed by atoms with E-state index in [9.17, 15) is 0 Å². The zero-order chi connectivity index (χ0) is 11.9. The number of rotatable bonds is 1. The van der Waals surface area contributed by atoms with Gasteiger partial charge in [0.25, 0.3) is 0 Å². The van der Waals surface area contributed by atoms with Crippen molar-refractivity contribution in [2.24, 2.45) is 0 Å². The molecule has 2 aromatic carbocycles. The zero-order valence-corrected chi connectivity index (χ0v) is 9.95. The molecule has 1 aliphatic heterocycles. The average Bonchev–Trinajstić information content (AvgIpc) is 2.87. The maximum absolute atomic E-state index is 2.36. The first-order valence-corrected chi connectivity index (χ1v) is 6.26. The van der Waals surface area contributed by atoms with Crippen LogP contribution in [0.2, 0.25) is 0 Å². The highest BCUT2D eigenvalue weighted by molar-refractivity contribution is 5.90. The predicted octanol–water partition coefficient (Wildman–Crippen LogP) is 4.26. The molecule has 0 amide bonds. The van der Waals surface area contributed by atoms with Gasteiger partial charge in [0.15, 0.2) is 0 Å². The highest BCUT2D eigenvalue weighted by Gasteiger charge is 2.17. The molecule has 0 N–H and O–H groups in total. The van der Waals surface area contributed by atoms with Crippen molar-refractivity contribution in [1.82, 2.24) is 4.57 Å². The van der Waals surface area contributed by atoms with Crippen molar-refractivity contribution >= 4 is 17.0 Å². The van der Waals surface area contributed by atoms with E-state index in [1.165, 1.54) is 22.0 Å². The summed E-state index contributed by atoms with van der Waals surface area (Å²) in [5, 5.41) is 1.32. The molecule has 2 heterocycles. The van der Waals surface area contributed by atoms with Crippen LogP contribution < -0.4 is 0 Å². The number of aromatic nitrogens is 1. The van der Waals surface area contributed by atoms with Crippen molar-refractivity contribution in [1.29, 1.82) is 0 Å². The van der Waals surface area contributed by atoms with E-state index in [0.717, 1.165) is 0 Å². The van der Waals surface area contributed by atoms with Crippen LogP contribution in [0.5, 0.6) is 0 Å². The first-order chi connectivity index (χ1) is 8.93. The molecule has 1 unspecified atom stereocenters. The average molecular weight is 231 g/mol. The molecular formula is C17H13N. The summed E-state index contributed by atoms with van der Waals surface area (Å²) in [7, 11) is 0. The Morgan fingerprint density at radius 1 is 0.833 bits per heavy atom. The molecule has 1 aliphatic rings. The second-order valence-corrected chi connectivity index (χ2v) is 4.72. The molecule has 0 saturated carbocycles.